The maximum atomic E-state index is 13.4. The van der Waals surface area contributed by atoms with E-state index in [-0.39, 0.29) is 17.8 Å². The van der Waals surface area contributed by atoms with E-state index >= 15 is 0 Å². The van der Waals surface area contributed by atoms with Crippen molar-refractivity contribution in [3.05, 3.63) is 41.5 Å². The normalized spacial score (nSPS) is 18.5. The average molecular weight is 333 g/mol. The molecule has 2 aromatic rings. The number of carbonyl (C=O) groups is 1. The van der Waals surface area contributed by atoms with Gasteiger partial charge in [-0.2, -0.15) is 0 Å². The lowest BCUT2D eigenvalue weighted by atomic mass is 10.0. The Labute approximate surface area is 139 Å². The first kappa shape index (κ1) is 16.5. The van der Waals surface area contributed by atoms with Crippen molar-refractivity contribution in [1.29, 1.82) is 0 Å². The molecule has 2 unspecified atom stereocenters. The zero-order chi connectivity index (χ0) is 16.9. The van der Waals surface area contributed by atoms with Gasteiger partial charge in [0.05, 0.1) is 6.10 Å². The fraction of sp³-hybridized carbons (Fsp3) is 0.500. The maximum absolute atomic E-state index is 13.4. The highest BCUT2D eigenvalue weighted by atomic mass is 19.1. The molecule has 1 aromatic carbocycles. The molecule has 2 atom stereocenters. The number of benzene rings is 1. The Hall–Kier alpha value is -2.35. The quantitative estimate of drug-likeness (QED) is 0.859. The van der Waals surface area contributed by atoms with Gasteiger partial charge in [-0.3, -0.25) is 4.79 Å². The van der Waals surface area contributed by atoms with E-state index in [1.54, 1.807) is 19.1 Å². The van der Waals surface area contributed by atoms with E-state index in [9.17, 15) is 9.18 Å². The first-order chi connectivity index (χ1) is 11.6. The zero-order valence-electron chi connectivity index (χ0n) is 13.5. The van der Waals surface area contributed by atoms with Crippen LogP contribution in [-0.4, -0.2) is 45.4 Å². The summed E-state index contributed by atoms with van der Waals surface area (Å²) in [6, 6.07) is 5.56. The molecule has 0 spiro atoms. The lowest BCUT2D eigenvalue weighted by Crippen LogP contribution is -2.38. The third-order valence-corrected chi connectivity index (χ3v) is 4.10. The molecule has 0 bridgehead atoms. The molecule has 8 heteroatoms. The molecule has 1 fully saturated rings. The van der Waals surface area contributed by atoms with E-state index in [1.807, 2.05) is 0 Å². The van der Waals surface area contributed by atoms with Crippen LogP contribution in [0, 0.1) is 12.7 Å². The minimum atomic E-state index is -0.636. The summed E-state index contributed by atoms with van der Waals surface area (Å²) in [7, 11) is 0. The van der Waals surface area contributed by atoms with Crippen molar-refractivity contribution >= 4 is 5.91 Å². The number of nitrogens with one attached hydrogen (secondary N) is 1. The van der Waals surface area contributed by atoms with Crippen LogP contribution in [0.3, 0.4) is 0 Å². The molecule has 24 heavy (non-hydrogen) atoms. The average Bonchev–Trinajstić information content (AvgIpc) is 3.22. The van der Waals surface area contributed by atoms with Crippen LogP contribution < -0.4 is 5.32 Å². The molecule has 7 nitrogen and oxygen atoms in total. The predicted molar refractivity (Wildman–Crippen MR) is 83.7 cm³/mol. The highest BCUT2D eigenvalue weighted by molar-refractivity contribution is 5.80. The second-order valence-electron chi connectivity index (χ2n) is 5.90. The van der Waals surface area contributed by atoms with Crippen molar-refractivity contribution in [1.82, 2.24) is 25.5 Å². The number of amides is 1. The molecule has 0 radical (unpaired) electrons. The minimum absolute atomic E-state index is 0.0544. The number of hydrogen-bond acceptors (Lipinski definition) is 5. The second kappa shape index (κ2) is 7.48. The number of aromatic nitrogens is 4. The zero-order valence-corrected chi connectivity index (χ0v) is 13.5. The number of tetrazole rings is 1. The van der Waals surface area contributed by atoms with Gasteiger partial charge in [-0.05, 0) is 47.9 Å². The Morgan fingerprint density at radius 3 is 3.08 bits per heavy atom. The van der Waals surface area contributed by atoms with Crippen LogP contribution in [0.25, 0.3) is 0 Å². The minimum Gasteiger partial charge on any atom is -0.376 e. The summed E-state index contributed by atoms with van der Waals surface area (Å²) in [4.78, 5) is 12.7. The molecular weight excluding hydrogens is 313 g/mol. The van der Waals surface area contributed by atoms with E-state index in [4.69, 9.17) is 4.74 Å². The Morgan fingerprint density at radius 1 is 1.54 bits per heavy atom. The Bertz CT molecular complexity index is 699. The van der Waals surface area contributed by atoms with Crippen LogP contribution in [0.15, 0.2) is 24.3 Å². The van der Waals surface area contributed by atoms with Gasteiger partial charge in [0.15, 0.2) is 0 Å². The molecule has 1 saturated heterocycles. The van der Waals surface area contributed by atoms with Crippen molar-refractivity contribution in [2.75, 3.05) is 13.2 Å². The van der Waals surface area contributed by atoms with Gasteiger partial charge in [0.1, 0.15) is 17.7 Å². The van der Waals surface area contributed by atoms with Crippen molar-refractivity contribution < 1.29 is 13.9 Å². The summed E-state index contributed by atoms with van der Waals surface area (Å²) < 4.78 is 20.4. The van der Waals surface area contributed by atoms with Gasteiger partial charge < -0.3 is 10.1 Å². The molecule has 1 amide bonds. The molecule has 1 aromatic heterocycles. The number of hydrogen-bond donors (Lipinski definition) is 1. The maximum Gasteiger partial charge on any atom is 0.245 e. The topological polar surface area (TPSA) is 81.9 Å². The first-order valence-corrected chi connectivity index (χ1v) is 8.01. The molecule has 3 rings (SSSR count). The van der Waals surface area contributed by atoms with Gasteiger partial charge in [-0.1, -0.05) is 12.1 Å². The fourth-order valence-corrected chi connectivity index (χ4v) is 2.84. The van der Waals surface area contributed by atoms with E-state index in [0.717, 1.165) is 19.4 Å². The van der Waals surface area contributed by atoms with Gasteiger partial charge in [0, 0.05) is 19.6 Å². The number of rotatable bonds is 6. The highest BCUT2D eigenvalue weighted by Crippen LogP contribution is 2.17. The van der Waals surface area contributed by atoms with E-state index in [0.29, 0.717) is 24.4 Å². The fourth-order valence-electron chi connectivity index (χ4n) is 2.84. The number of aryl methyl sites for hydroxylation is 1. The van der Waals surface area contributed by atoms with Gasteiger partial charge in [0.2, 0.25) is 5.91 Å². The van der Waals surface area contributed by atoms with Crippen molar-refractivity contribution in [3.63, 3.8) is 0 Å². The molecule has 1 aliphatic heterocycles. The predicted octanol–water partition coefficient (Wildman–Crippen LogP) is 1.20. The third-order valence-electron chi connectivity index (χ3n) is 4.10. The summed E-state index contributed by atoms with van der Waals surface area (Å²) in [6.45, 7) is 2.92. The molecule has 0 aliphatic carbocycles. The second-order valence-corrected chi connectivity index (χ2v) is 5.90. The van der Waals surface area contributed by atoms with Crippen LogP contribution in [-0.2, 0) is 16.0 Å². The number of halogens is 1. The summed E-state index contributed by atoms with van der Waals surface area (Å²) >= 11 is 0. The number of nitrogens with zero attached hydrogens (tertiary/aromatic N) is 4. The summed E-state index contributed by atoms with van der Waals surface area (Å²) in [6.07, 6.45) is 2.32. The lowest BCUT2D eigenvalue weighted by Gasteiger charge is -2.19. The Kier molecular flexibility index (Phi) is 5.14. The van der Waals surface area contributed by atoms with Crippen molar-refractivity contribution in [2.24, 2.45) is 0 Å². The van der Waals surface area contributed by atoms with E-state index < -0.39 is 6.04 Å². The molecular formula is C16H20FN5O2. The lowest BCUT2D eigenvalue weighted by molar-refractivity contribution is -0.125. The number of carbonyl (C=O) groups excluding carboxylic acids is 1. The van der Waals surface area contributed by atoms with Gasteiger partial charge in [-0.15, -0.1) is 5.10 Å². The molecule has 1 N–H and O–H groups in total. The van der Waals surface area contributed by atoms with Crippen LogP contribution in [0.5, 0.6) is 0 Å². The van der Waals surface area contributed by atoms with Crippen molar-refractivity contribution in [3.8, 4) is 0 Å². The van der Waals surface area contributed by atoms with Crippen molar-refractivity contribution in [2.45, 2.75) is 38.3 Å². The van der Waals surface area contributed by atoms with Crippen LogP contribution in [0.1, 0.15) is 30.3 Å². The van der Waals surface area contributed by atoms with E-state index in [2.05, 4.69) is 20.8 Å². The molecule has 0 saturated carbocycles. The van der Waals surface area contributed by atoms with Gasteiger partial charge in [0.25, 0.3) is 0 Å². The molecule has 128 valence electrons. The summed E-state index contributed by atoms with van der Waals surface area (Å²) in [5, 5.41) is 14.3. The van der Waals surface area contributed by atoms with Crippen LogP contribution in [0.2, 0.25) is 0 Å². The largest absolute Gasteiger partial charge is 0.376 e. The Morgan fingerprint density at radius 2 is 2.42 bits per heavy atom. The van der Waals surface area contributed by atoms with Crippen LogP contribution >= 0.6 is 0 Å². The summed E-state index contributed by atoms with van der Waals surface area (Å²) in [5.74, 6) is -0.00622. The standard InChI is InChI=1S/C16H20FN5O2/c1-11-19-20-21-22(11)15(9-12-4-2-5-13(17)8-12)16(23)18-10-14-6-3-7-24-14/h2,4-5,8,14-15H,3,6-7,9-10H2,1H3,(H,18,23). The van der Waals surface area contributed by atoms with Crippen LogP contribution in [0.4, 0.5) is 4.39 Å². The third kappa shape index (κ3) is 3.94. The molecule has 2 heterocycles. The monoisotopic (exact) mass is 333 g/mol. The first-order valence-electron chi connectivity index (χ1n) is 8.01. The van der Waals surface area contributed by atoms with Gasteiger partial charge in [-0.25, -0.2) is 9.07 Å². The highest BCUT2D eigenvalue weighted by Gasteiger charge is 2.25. The molecule has 1 aliphatic rings. The Balaban J connectivity index is 1.74. The van der Waals surface area contributed by atoms with E-state index in [1.165, 1.54) is 16.8 Å². The summed E-state index contributed by atoms with van der Waals surface area (Å²) in [5.41, 5.74) is 0.710. The number of ether oxygens (including phenoxy) is 1. The van der Waals surface area contributed by atoms with Gasteiger partial charge >= 0.3 is 0 Å². The smallest absolute Gasteiger partial charge is 0.245 e. The SMILES string of the molecule is Cc1nnnn1C(Cc1cccc(F)c1)C(=O)NCC1CCCO1.